The summed E-state index contributed by atoms with van der Waals surface area (Å²) in [5, 5.41) is 0. The standard InChI is InChI=1S/C18H19NO4S/c1-14-7-9-17(10-8-14)24(20,21)23-12-11-16-13-22-18(19-16)15-5-3-2-4-6-15/h2-10,16H,11-13H2,1H3/t16-/m0/s1. The molecule has 0 radical (unpaired) electrons. The molecule has 0 aliphatic carbocycles. The third-order valence-electron chi connectivity index (χ3n) is 3.73. The molecule has 1 aliphatic heterocycles. The lowest BCUT2D eigenvalue weighted by atomic mass is 10.2. The van der Waals surface area contributed by atoms with E-state index < -0.39 is 10.1 Å². The third kappa shape index (κ3) is 4.01. The van der Waals surface area contributed by atoms with Crippen molar-refractivity contribution in [3.05, 3.63) is 65.7 Å². The Bertz CT molecular complexity index is 814. The summed E-state index contributed by atoms with van der Waals surface area (Å²) < 4.78 is 34.9. The minimum atomic E-state index is -3.72. The monoisotopic (exact) mass is 345 g/mol. The molecule has 126 valence electrons. The van der Waals surface area contributed by atoms with Gasteiger partial charge in [-0.3, -0.25) is 4.18 Å². The van der Waals surface area contributed by atoms with E-state index in [1.54, 1.807) is 24.3 Å². The number of hydrogen-bond donors (Lipinski definition) is 0. The van der Waals surface area contributed by atoms with Crippen molar-refractivity contribution in [3.8, 4) is 0 Å². The fraction of sp³-hybridized carbons (Fsp3) is 0.278. The maximum Gasteiger partial charge on any atom is 0.296 e. The van der Waals surface area contributed by atoms with E-state index in [1.807, 2.05) is 37.3 Å². The zero-order valence-electron chi connectivity index (χ0n) is 13.4. The maximum absolute atomic E-state index is 12.1. The van der Waals surface area contributed by atoms with E-state index in [4.69, 9.17) is 8.92 Å². The molecule has 1 atom stereocenters. The molecule has 0 unspecified atom stereocenters. The van der Waals surface area contributed by atoms with E-state index in [2.05, 4.69) is 4.99 Å². The van der Waals surface area contributed by atoms with Crippen LogP contribution in [0.15, 0.2) is 64.5 Å². The van der Waals surface area contributed by atoms with Gasteiger partial charge < -0.3 is 4.74 Å². The van der Waals surface area contributed by atoms with Crippen LogP contribution in [0.1, 0.15) is 17.5 Å². The zero-order chi connectivity index (χ0) is 17.0. The predicted molar refractivity (Wildman–Crippen MR) is 91.7 cm³/mol. The highest BCUT2D eigenvalue weighted by Gasteiger charge is 2.21. The fourth-order valence-corrected chi connectivity index (χ4v) is 3.29. The van der Waals surface area contributed by atoms with Crippen molar-refractivity contribution in [2.45, 2.75) is 24.3 Å². The molecule has 0 saturated heterocycles. The topological polar surface area (TPSA) is 65.0 Å². The Morgan fingerprint density at radius 2 is 1.83 bits per heavy atom. The molecule has 2 aromatic rings. The van der Waals surface area contributed by atoms with Crippen LogP contribution in [0, 0.1) is 6.92 Å². The summed E-state index contributed by atoms with van der Waals surface area (Å²) in [6, 6.07) is 16.1. The summed E-state index contributed by atoms with van der Waals surface area (Å²) in [5.74, 6) is 0.599. The van der Waals surface area contributed by atoms with Crippen molar-refractivity contribution in [1.29, 1.82) is 0 Å². The van der Waals surface area contributed by atoms with Gasteiger partial charge in [-0.15, -0.1) is 0 Å². The first-order valence-corrected chi connectivity index (χ1v) is 9.17. The zero-order valence-corrected chi connectivity index (χ0v) is 14.2. The molecule has 0 bridgehead atoms. The van der Waals surface area contributed by atoms with E-state index in [-0.39, 0.29) is 17.5 Å². The summed E-state index contributed by atoms with van der Waals surface area (Å²) in [4.78, 5) is 4.65. The number of benzene rings is 2. The van der Waals surface area contributed by atoms with Crippen molar-refractivity contribution in [1.82, 2.24) is 0 Å². The van der Waals surface area contributed by atoms with Crippen LogP contribution < -0.4 is 0 Å². The first kappa shape index (κ1) is 16.7. The average Bonchev–Trinajstić information content (AvgIpc) is 3.05. The Morgan fingerprint density at radius 1 is 1.12 bits per heavy atom. The maximum atomic E-state index is 12.1. The summed E-state index contributed by atoms with van der Waals surface area (Å²) in [7, 11) is -3.72. The molecule has 0 N–H and O–H groups in total. The van der Waals surface area contributed by atoms with Gasteiger partial charge in [0.15, 0.2) is 0 Å². The van der Waals surface area contributed by atoms with Gasteiger partial charge in [0.25, 0.3) is 10.1 Å². The molecule has 24 heavy (non-hydrogen) atoms. The lowest BCUT2D eigenvalue weighted by Gasteiger charge is -2.07. The number of aliphatic imine (C=N–C) groups is 1. The first-order chi connectivity index (χ1) is 11.5. The third-order valence-corrected chi connectivity index (χ3v) is 5.06. The van der Waals surface area contributed by atoms with Crippen LogP contribution in [0.4, 0.5) is 0 Å². The molecule has 0 fully saturated rings. The Labute approximate surface area is 142 Å². The smallest absolute Gasteiger partial charge is 0.296 e. The van der Waals surface area contributed by atoms with Gasteiger partial charge in [0.05, 0.1) is 17.5 Å². The normalized spacial score (nSPS) is 17.4. The van der Waals surface area contributed by atoms with E-state index in [0.717, 1.165) is 11.1 Å². The van der Waals surface area contributed by atoms with E-state index in [0.29, 0.717) is 18.9 Å². The molecular formula is C18H19NO4S. The Kier molecular flexibility index (Phi) is 4.97. The van der Waals surface area contributed by atoms with E-state index in [1.165, 1.54) is 0 Å². The van der Waals surface area contributed by atoms with Crippen LogP contribution in [-0.2, 0) is 19.0 Å². The molecule has 0 aromatic heterocycles. The van der Waals surface area contributed by atoms with Gasteiger partial charge in [0.2, 0.25) is 5.90 Å². The van der Waals surface area contributed by atoms with Crippen LogP contribution in [0.5, 0.6) is 0 Å². The van der Waals surface area contributed by atoms with Gasteiger partial charge in [-0.1, -0.05) is 35.9 Å². The van der Waals surface area contributed by atoms with Gasteiger partial charge >= 0.3 is 0 Å². The van der Waals surface area contributed by atoms with E-state index >= 15 is 0 Å². The highest BCUT2D eigenvalue weighted by atomic mass is 32.2. The van der Waals surface area contributed by atoms with Crippen LogP contribution in [0.3, 0.4) is 0 Å². The minimum Gasteiger partial charge on any atom is -0.475 e. The lowest BCUT2D eigenvalue weighted by Crippen LogP contribution is -2.14. The fourth-order valence-electron chi connectivity index (χ4n) is 2.37. The van der Waals surface area contributed by atoms with Crippen molar-refractivity contribution in [3.63, 3.8) is 0 Å². The Hall–Kier alpha value is -2.18. The SMILES string of the molecule is Cc1ccc(S(=O)(=O)OCC[C@H]2COC(c3ccccc3)=N2)cc1. The van der Waals surface area contributed by atoms with Crippen LogP contribution >= 0.6 is 0 Å². The van der Waals surface area contributed by atoms with Crippen LogP contribution in [-0.4, -0.2) is 33.6 Å². The molecule has 1 heterocycles. The average molecular weight is 345 g/mol. The highest BCUT2D eigenvalue weighted by molar-refractivity contribution is 7.86. The van der Waals surface area contributed by atoms with Gasteiger partial charge in [0.1, 0.15) is 6.61 Å². The van der Waals surface area contributed by atoms with Crippen molar-refractivity contribution < 1.29 is 17.3 Å². The van der Waals surface area contributed by atoms with Crippen LogP contribution in [0.2, 0.25) is 0 Å². The molecule has 6 heteroatoms. The van der Waals surface area contributed by atoms with Gasteiger partial charge in [-0.05, 0) is 37.6 Å². The molecule has 0 amide bonds. The lowest BCUT2D eigenvalue weighted by molar-refractivity contribution is 0.267. The summed E-state index contributed by atoms with van der Waals surface area (Å²) in [5.41, 5.74) is 1.92. The molecular weight excluding hydrogens is 326 g/mol. The van der Waals surface area contributed by atoms with Crippen molar-refractivity contribution in [2.24, 2.45) is 4.99 Å². The second-order valence-electron chi connectivity index (χ2n) is 5.64. The molecule has 0 spiro atoms. The largest absolute Gasteiger partial charge is 0.475 e. The van der Waals surface area contributed by atoms with Gasteiger partial charge in [-0.2, -0.15) is 8.42 Å². The number of rotatable bonds is 6. The summed E-state index contributed by atoms with van der Waals surface area (Å²) >= 11 is 0. The second-order valence-corrected chi connectivity index (χ2v) is 7.26. The van der Waals surface area contributed by atoms with Crippen molar-refractivity contribution in [2.75, 3.05) is 13.2 Å². The predicted octanol–water partition coefficient (Wildman–Crippen LogP) is 2.94. The molecule has 0 saturated carbocycles. The van der Waals surface area contributed by atoms with Crippen LogP contribution in [0.25, 0.3) is 0 Å². The Balaban J connectivity index is 1.55. The number of nitrogens with zero attached hydrogens (tertiary/aromatic N) is 1. The molecule has 1 aliphatic rings. The summed E-state index contributed by atoms with van der Waals surface area (Å²) in [6.45, 7) is 2.42. The second kappa shape index (κ2) is 7.15. The number of aryl methyl sites for hydroxylation is 1. The molecule has 2 aromatic carbocycles. The quantitative estimate of drug-likeness (QED) is 0.755. The molecule has 5 nitrogen and oxygen atoms in total. The molecule has 3 rings (SSSR count). The first-order valence-electron chi connectivity index (χ1n) is 7.77. The number of ether oxygens (including phenoxy) is 1. The van der Waals surface area contributed by atoms with Crippen molar-refractivity contribution >= 4 is 16.0 Å². The summed E-state index contributed by atoms with van der Waals surface area (Å²) in [6.07, 6.45) is 0.488. The van der Waals surface area contributed by atoms with Gasteiger partial charge in [0, 0.05) is 5.56 Å². The number of hydrogen-bond acceptors (Lipinski definition) is 5. The van der Waals surface area contributed by atoms with Gasteiger partial charge in [-0.25, -0.2) is 4.99 Å². The Morgan fingerprint density at radius 3 is 2.54 bits per heavy atom. The highest BCUT2D eigenvalue weighted by Crippen LogP contribution is 2.17. The van der Waals surface area contributed by atoms with E-state index in [9.17, 15) is 8.42 Å². The minimum absolute atomic E-state index is 0.0792.